The maximum atomic E-state index is 12.8. The van der Waals surface area contributed by atoms with Crippen molar-refractivity contribution in [2.45, 2.75) is 13.0 Å². The second-order valence-electron chi connectivity index (χ2n) is 6.62. The summed E-state index contributed by atoms with van der Waals surface area (Å²) in [5.74, 6) is 0.664. The highest BCUT2D eigenvalue weighted by Crippen LogP contribution is 2.31. The smallest absolute Gasteiger partial charge is 0.256 e. The Labute approximate surface area is 157 Å². The summed E-state index contributed by atoms with van der Waals surface area (Å²) < 4.78 is 5.26. The van der Waals surface area contributed by atoms with Crippen LogP contribution in [0.4, 0.5) is 5.69 Å². The van der Waals surface area contributed by atoms with Crippen LogP contribution in [0.5, 0.6) is 5.75 Å². The van der Waals surface area contributed by atoms with Gasteiger partial charge in [-0.05, 0) is 36.2 Å². The van der Waals surface area contributed by atoms with Crippen molar-refractivity contribution in [3.05, 3.63) is 59.1 Å². The molecule has 26 heavy (non-hydrogen) atoms. The van der Waals surface area contributed by atoms with Gasteiger partial charge in [0.1, 0.15) is 5.75 Å². The Kier molecular flexibility index (Phi) is 4.66. The van der Waals surface area contributed by atoms with Crippen molar-refractivity contribution in [2.75, 3.05) is 25.2 Å². The fourth-order valence-electron chi connectivity index (χ4n) is 3.50. The number of likely N-dealkylation sites (tertiary alicyclic amines) is 1. The molecular weight excluding hydrogens is 350 g/mol. The number of hydrazone groups is 1. The number of hydrogen-bond acceptors (Lipinski definition) is 4. The number of rotatable bonds is 4. The van der Waals surface area contributed by atoms with Crippen LogP contribution < -0.4 is 9.75 Å². The Morgan fingerprint density at radius 3 is 2.81 bits per heavy atom. The van der Waals surface area contributed by atoms with Gasteiger partial charge in [0.15, 0.2) is 0 Å². The van der Waals surface area contributed by atoms with E-state index in [4.69, 9.17) is 16.3 Å². The number of halogens is 1. The lowest BCUT2D eigenvalue weighted by atomic mass is 9.94. The highest BCUT2D eigenvalue weighted by molar-refractivity contribution is 6.30. The van der Waals surface area contributed by atoms with E-state index < -0.39 is 0 Å². The molecule has 0 saturated carbocycles. The minimum atomic E-state index is -0.109. The van der Waals surface area contributed by atoms with Crippen molar-refractivity contribution in [2.24, 2.45) is 11.0 Å². The van der Waals surface area contributed by atoms with Gasteiger partial charge in [-0.1, -0.05) is 29.8 Å². The van der Waals surface area contributed by atoms with E-state index in [-0.39, 0.29) is 11.8 Å². The van der Waals surface area contributed by atoms with Crippen LogP contribution >= 0.6 is 11.6 Å². The summed E-state index contributed by atoms with van der Waals surface area (Å²) in [6.45, 7) is 2.42. The topological polar surface area (TPSA) is 45.1 Å². The van der Waals surface area contributed by atoms with Crippen LogP contribution in [0.15, 0.2) is 53.6 Å². The first-order chi connectivity index (χ1) is 12.6. The molecule has 0 aromatic heterocycles. The predicted octanol–water partition coefficient (Wildman–Crippen LogP) is 3.57. The molecule has 2 aromatic carbocycles. The van der Waals surface area contributed by atoms with Gasteiger partial charge < -0.3 is 4.74 Å². The minimum absolute atomic E-state index is 0.0550. The molecule has 0 spiro atoms. The standard InChI is InChI=1S/C20H20ClN3O2/c1-26-17-4-2-3-16(11-17)24-20(25)18-9-10-23(13-19(18)22-24)12-14-5-7-15(21)8-6-14/h2-8,11,18H,9-10,12-13H2,1H3. The molecule has 5 nitrogen and oxygen atoms in total. The number of hydrogen-bond donors (Lipinski definition) is 0. The van der Waals surface area contributed by atoms with Crippen molar-refractivity contribution in [3.8, 4) is 5.75 Å². The van der Waals surface area contributed by atoms with Gasteiger partial charge in [-0.15, -0.1) is 0 Å². The van der Waals surface area contributed by atoms with Crippen LogP contribution in [0.3, 0.4) is 0 Å². The zero-order valence-corrected chi connectivity index (χ0v) is 15.3. The summed E-state index contributed by atoms with van der Waals surface area (Å²) in [4.78, 5) is 15.1. The molecule has 1 atom stereocenters. The van der Waals surface area contributed by atoms with Gasteiger partial charge in [0.05, 0.1) is 24.4 Å². The molecule has 1 unspecified atom stereocenters. The first-order valence-corrected chi connectivity index (χ1v) is 9.04. The predicted molar refractivity (Wildman–Crippen MR) is 103 cm³/mol. The Morgan fingerprint density at radius 2 is 2.04 bits per heavy atom. The number of anilines is 1. The van der Waals surface area contributed by atoms with Gasteiger partial charge >= 0.3 is 0 Å². The fourth-order valence-corrected chi connectivity index (χ4v) is 3.63. The maximum Gasteiger partial charge on any atom is 0.256 e. The summed E-state index contributed by atoms with van der Waals surface area (Å²) in [6.07, 6.45) is 0.797. The van der Waals surface area contributed by atoms with Gasteiger partial charge in [-0.25, -0.2) is 5.01 Å². The third-order valence-electron chi connectivity index (χ3n) is 4.87. The highest BCUT2D eigenvalue weighted by atomic mass is 35.5. The van der Waals surface area contributed by atoms with E-state index in [0.717, 1.165) is 41.7 Å². The van der Waals surface area contributed by atoms with Crippen LogP contribution in [0, 0.1) is 5.92 Å². The molecule has 0 radical (unpaired) electrons. The second-order valence-corrected chi connectivity index (χ2v) is 7.06. The quantitative estimate of drug-likeness (QED) is 0.827. The van der Waals surface area contributed by atoms with Gasteiger partial charge in [0.2, 0.25) is 0 Å². The Balaban J connectivity index is 1.50. The normalized spacial score (nSPS) is 20.1. The molecule has 0 aliphatic carbocycles. The van der Waals surface area contributed by atoms with Crippen LogP contribution in [-0.4, -0.2) is 36.7 Å². The van der Waals surface area contributed by atoms with Gasteiger partial charge in [0, 0.05) is 30.7 Å². The first-order valence-electron chi connectivity index (χ1n) is 8.66. The number of ether oxygens (including phenoxy) is 1. The van der Waals surface area contributed by atoms with Crippen LogP contribution in [0.2, 0.25) is 5.02 Å². The van der Waals surface area contributed by atoms with Crippen molar-refractivity contribution in [1.82, 2.24) is 4.90 Å². The minimum Gasteiger partial charge on any atom is -0.497 e. The number of piperidine rings is 1. The molecule has 1 saturated heterocycles. The molecule has 0 N–H and O–H groups in total. The summed E-state index contributed by atoms with van der Waals surface area (Å²) >= 11 is 5.95. The number of carbonyl (C=O) groups is 1. The number of methoxy groups -OCH3 is 1. The largest absolute Gasteiger partial charge is 0.497 e. The lowest BCUT2D eigenvalue weighted by Gasteiger charge is -2.29. The van der Waals surface area contributed by atoms with Crippen LogP contribution in [-0.2, 0) is 11.3 Å². The van der Waals surface area contributed by atoms with Crippen molar-refractivity contribution >= 4 is 28.9 Å². The molecule has 2 aliphatic heterocycles. The van der Waals surface area contributed by atoms with Crippen molar-refractivity contribution in [1.29, 1.82) is 0 Å². The maximum absolute atomic E-state index is 12.8. The van der Waals surface area contributed by atoms with Crippen LogP contribution in [0.1, 0.15) is 12.0 Å². The molecule has 1 amide bonds. The van der Waals surface area contributed by atoms with E-state index >= 15 is 0 Å². The Hall–Kier alpha value is -2.37. The highest BCUT2D eigenvalue weighted by Gasteiger charge is 2.39. The van der Waals surface area contributed by atoms with Crippen molar-refractivity contribution in [3.63, 3.8) is 0 Å². The number of carbonyl (C=O) groups excluding carboxylic acids is 1. The van der Waals surface area contributed by atoms with E-state index in [2.05, 4.69) is 10.0 Å². The van der Waals surface area contributed by atoms with Gasteiger partial charge in [-0.3, -0.25) is 9.69 Å². The molecule has 1 fully saturated rings. The Bertz CT molecular complexity index is 850. The first kappa shape index (κ1) is 17.1. The van der Waals surface area contributed by atoms with E-state index in [1.54, 1.807) is 7.11 Å². The number of amides is 1. The number of nitrogens with zero attached hydrogens (tertiary/aromatic N) is 3. The molecule has 2 aromatic rings. The molecular formula is C20H20ClN3O2. The Morgan fingerprint density at radius 1 is 1.23 bits per heavy atom. The van der Waals surface area contributed by atoms with E-state index in [1.807, 2.05) is 48.5 Å². The molecule has 2 heterocycles. The average Bonchev–Trinajstić information content (AvgIpc) is 3.00. The molecule has 4 rings (SSSR count). The van der Waals surface area contributed by atoms with E-state index in [1.165, 1.54) is 10.6 Å². The monoisotopic (exact) mass is 369 g/mol. The van der Waals surface area contributed by atoms with Crippen LogP contribution in [0.25, 0.3) is 0 Å². The summed E-state index contributed by atoms with van der Waals surface area (Å²) in [6, 6.07) is 15.3. The van der Waals surface area contributed by atoms with Gasteiger partial charge in [0.25, 0.3) is 5.91 Å². The summed E-state index contributed by atoms with van der Waals surface area (Å²) in [5.41, 5.74) is 2.90. The second kappa shape index (κ2) is 7.09. The summed E-state index contributed by atoms with van der Waals surface area (Å²) in [7, 11) is 1.62. The van der Waals surface area contributed by atoms with Crippen molar-refractivity contribution < 1.29 is 9.53 Å². The summed E-state index contributed by atoms with van der Waals surface area (Å²) in [5, 5.41) is 6.89. The number of fused-ring (bicyclic) bond motifs is 1. The lowest BCUT2D eigenvalue weighted by molar-refractivity contribution is -0.120. The lowest BCUT2D eigenvalue weighted by Crippen LogP contribution is -2.41. The fraction of sp³-hybridized carbons (Fsp3) is 0.300. The molecule has 134 valence electrons. The number of benzene rings is 2. The SMILES string of the molecule is COc1cccc(N2N=C3CN(Cc4ccc(Cl)cc4)CCC3C2=O)c1. The van der Waals surface area contributed by atoms with E-state index in [9.17, 15) is 4.79 Å². The molecule has 2 aliphatic rings. The molecule has 0 bridgehead atoms. The third-order valence-corrected chi connectivity index (χ3v) is 5.13. The van der Waals surface area contributed by atoms with Gasteiger partial charge in [-0.2, -0.15) is 5.10 Å². The third kappa shape index (κ3) is 3.32. The average molecular weight is 370 g/mol. The van der Waals surface area contributed by atoms with E-state index in [0.29, 0.717) is 6.54 Å². The molecule has 6 heteroatoms. The zero-order chi connectivity index (χ0) is 18.1. The zero-order valence-electron chi connectivity index (χ0n) is 14.6.